The highest BCUT2D eigenvalue weighted by atomic mass is 16.1. The second-order valence-electron chi connectivity index (χ2n) is 3.19. The highest BCUT2D eigenvalue weighted by molar-refractivity contribution is 5.83. The fraction of sp³-hybridized carbons (Fsp3) is 0.308. The molecule has 0 heterocycles. The van der Waals surface area contributed by atoms with E-state index in [1.165, 1.54) is 6.92 Å². The second-order valence-corrected chi connectivity index (χ2v) is 3.19. The molecule has 2 nitrogen and oxygen atoms in total. The molecule has 0 spiro atoms. The Kier molecular flexibility index (Phi) is 7.20. The Balaban J connectivity index is 4.61. The van der Waals surface area contributed by atoms with Gasteiger partial charge in [0.1, 0.15) is 5.78 Å². The molecule has 0 radical (unpaired) electrons. The third-order valence-electron chi connectivity index (χ3n) is 1.81. The van der Waals surface area contributed by atoms with E-state index in [4.69, 9.17) is 5.73 Å². The van der Waals surface area contributed by atoms with Crippen LogP contribution in [0.4, 0.5) is 0 Å². The zero-order chi connectivity index (χ0) is 11.7. The summed E-state index contributed by atoms with van der Waals surface area (Å²) in [7, 11) is 0. The van der Waals surface area contributed by atoms with Crippen LogP contribution in [0.3, 0.4) is 0 Å². The lowest BCUT2D eigenvalue weighted by atomic mass is 10.1. The van der Waals surface area contributed by atoms with Crippen molar-refractivity contribution in [2.45, 2.75) is 26.8 Å². The van der Waals surface area contributed by atoms with Gasteiger partial charge in [0.25, 0.3) is 0 Å². The molecule has 0 aliphatic carbocycles. The fourth-order valence-electron chi connectivity index (χ4n) is 0.917. The number of allylic oxidation sites excluding steroid dienone is 7. The van der Waals surface area contributed by atoms with E-state index in [-0.39, 0.29) is 5.78 Å². The first-order chi connectivity index (χ1) is 7.11. The summed E-state index contributed by atoms with van der Waals surface area (Å²) in [6.45, 7) is 5.39. The number of Topliss-reactive ketones (excluding diaryl/α,β-unsaturated/α-hetero) is 1. The summed E-state index contributed by atoms with van der Waals surface area (Å²) in [6, 6.07) is -0.510. The minimum absolute atomic E-state index is 0.0305. The number of ketones is 1. The van der Waals surface area contributed by atoms with Gasteiger partial charge in [-0.05, 0) is 26.3 Å². The van der Waals surface area contributed by atoms with Gasteiger partial charge in [-0.2, -0.15) is 0 Å². The van der Waals surface area contributed by atoms with Gasteiger partial charge in [0.15, 0.2) is 0 Å². The van der Waals surface area contributed by atoms with E-state index in [1.807, 2.05) is 50.3 Å². The predicted molar refractivity (Wildman–Crippen MR) is 65.5 cm³/mol. The normalized spacial score (nSPS) is 15.6. The molecule has 0 aliphatic heterocycles. The van der Waals surface area contributed by atoms with E-state index in [2.05, 4.69) is 0 Å². The third-order valence-corrected chi connectivity index (χ3v) is 1.81. The minimum atomic E-state index is -0.510. The van der Waals surface area contributed by atoms with E-state index in [0.717, 1.165) is 5.57 Å². The number of nitrogens with two attached hydrogens (primary N) is 1. The lowest BCUT2D eigenvalue weighted by Gasteiger charge is -1.99. The maximum Gasteiger partial charge on any atom is 0.150 e. The maximum atomic E-state index is 10.9. The summed E-state index contributed by atoms with van der Waals surface area (Å²) in [5, 5.41) is 0. The van der Waals surface area contributed by atoms with Crippen molar-refractivity contribution in [2.24, 2.45) is 5.73 Å². The predicted octanol–water partition coefficient (Wildman–Crippen LogP) is 2.54. The van der Waals surface area contributed by atoms with Crippen molar-refractivity contribution in [3.63, 3.8) is 0 Å². The van der Waals surface area contributed by atoms with E-state index in [9.17, 15) is 4.79 Å². The van der Waals surface area contributed by atoms with Crippen molar-refractivity contribution in [1.29, 1.82) is 0 Å². The van der Waals surface area contributed by atoms with Crippen LogP contribution in [0.15, 0.2) is 48.1 Å². The Morgan fingerprint density at radius 1 is 1.20 bits per heavy atom. The first-order valence-electron chi connectivity index (χ1n) is 5.01. The molecular weight excluding hydrogens is 186 g/mol. The average Bonchev–Trinajstić information content (AvgIpc) is 2.21. The van der Waals surface area contributed by atoms with Crippen molar-refractivity contribution < 1.29 is 4.79 Å². The molecule has 0 aromatic carbocycles. The molecule has 82 valence electrons. The monoisotopic (exact) mass is 205 g/mol. The largest absolute Gasteiger partial charge is 0.318 e. The Morgan fingerprint density at radius 3 is 2.33 bits per heavy atom. The quantitative estimate of drug-likeness (QED) is 0.701. The molecule has 0 bridgehead atoms. The average molecular weight is 205 g/mol. The fourth-order valence-corrected chi connectivity index (χ4v) is 0.917. The van der Waals surface area contributed by atoms with Crippen LogP contribution in [0.2, 0.25) is 0 Å². The number of carbonyl (C=O) groups excluding carboxylic acids is 1. The summed E-state index contributed by atoms with van der Waals surface area (Å²) in [5.74, 6) is -0.0305. The molecule has 0 unspecified atom stereocenters. The summed E-state index contributed by atoms with van der Waals surface area (Å²) in [6.07, 6.45) is 13.3. The van der Waals surface area contributed by atoms with E-state index < -0.39 is 6.04 Å². The van der Waals surface area contributed by atoms with E-state index >= 15 is 0 Å². The highest BCUT2D eigenvalue weighted by Gasteiger charge is 2.01. The van der Waals surface area contributed by atoms with Crippen LogP contribution in [0.1, 0.15) is 20.8 Å². The minimum Gasteiger partial charge on any atom is -0.318 e. The Morgan fingerprint density at radius 2 is 1.87 bits per heavy atom. The zero-order valence-corrected chi connectivity index (χ0v) is 9.60. The van der Waals surface area contributed by atoms with Gasteiger partial charge in [0, 0.05) is 0 Å². The van der Waals surface area contributed by atoms with Crippen LogP contribution < -0.4 is 5.73 Å². The standard InChI is InChI=1S/C13H19NO/c1-4-6-8-12(7-5-2)9-10-13(14)11(3)15/h4-10,13H,14H2,1-3H3/b6-4-,7-5-,10-9-,12-8+/t13-/m0/s1. The van der Waals surface area contributed by atoms with Gasteiger partial charge in [-0.25, -0.2) is 0 Å². The molecular formula is C13H19NO. The van der Waals surface area contributed by atoms with Gasteiger partial charge in [-0.1, -0.05) is 42.5 Å². The van der Waals surface area contributed by atoms with Crippen LogP contribution in [0.25, 0.3) is 0 Å². The molecule has 0 fully saturated rings. The van der Waals surface area contributed by atoms with Crippen LogP contribution in [-0.2, 0) is 4.79 Å². The second kappa shape index (κ2) is 7.94. The summed E-state index contributed by atoms with van der Waals surface area (Å²) in [4.78, 5) is 10.9. The summed E-state index contributed by atoms with van der Waals surface area (Å²) < 4.78 is 0. The molecule has 0 aliphatic rings. The van der Waals surface area contributed by atoms with Gasteiger partial charge in [-0.15, -0.1) is 0 Å². The maximum absolute atomic E-state index is 10.9. The number of rotatable bonds is 5. The van der Waals surface area contributed by atoms with Crippen LogP contribution in [-0.4, -0.2) is 11.8 Å². The highest BCUT2D eigenvalue weighted by Crippen LogP contribution is 2.01. The molecule has 0 aromatic rings. The zero-order valence-electron chi connectivity index (χ0n) is 9.60. The number of hydrogen-bond acceptors (Lipinski definition) is 2. The SMILES string of the molecule is C\C=C/C=C(\C=C/C)/C=C\[C@H](N)C(C)=O. The molecule has 0 amide bonds. The molecule has 0 saturated carbocycles. The third kappa shape index (κ3) is 6.63. The lowest BCUT2D eigenvalue weighted by Crippen LogP contribution is -2.25. The van der Waals surface area contributed by atoms with Gasteiger partial charge < -0.3 is 5.73 Å². The molecule has 15 heavy (non-hydrogen) atoms. The van der Waals surface area contributed by atoms with Crippen LogP contribution in [0.5, 0.6) is 0 Å². The van der Waals surface area contributed by atoms with Crippen LogP contribution >= 0.6 is 0 Å². The van der Waals surface area contributed by atoms with Crippen molar-refractivity contribution in [3.8, 4) is 0 Å². The summed E-state index contributed by atoms with van der Waals surface area (Å²) in [5.41, 5.74) is 6.60. The lowest BCUT2D eigenvalue weighted by molar-refractivity contribution is -0.117. The van der Waals surface area contributed by atoms with Crippen molar-refractivity contribution in [2.75, 3.05) is 0 Å². The number of carbonyl (C=O) groups is 1. The van der Waals surface area contributed by atoms with Crippen molar-refractivity contribution >= 4 is 5.78 Å². The van der Waals surface area contributed by atoms with E-state index in [1.54, 1.807) is 6.08 Å². The first kappa shape index (κ1) is 13.6. The van der Waals surface area contributed by atoms with Gasteiger partial charge in [0.05, 0.1) is 6.04 Å². The van der Waals surface area contributed by atoms with Gasteiger partial charge >= 0.3 is 0 Å². The van der Waals surface area contributed by atoms with Crippen molar-refractivity contribution in [1.82, 2.24) is 0 Å². The van der Waals surface area contributed by atoms with E-state index in [0.29, 0.717) is 0 Å². The summed E-state index contributed by atoms with van der Waals surface area (Å²) >= 11 is 0. The molecule has 1 atom stereocenters. The Labute approximate surface area is 91.9 Å². The smallest absolute Gasteiger partial charge is 0.150 e. The number of hydrogen-bond donors (Lipinski definition) is 1. The molecule has 0 rings (SSSR count). The molecule has 2 heteroatoms. The Bertz CT molecular complexity index is 308. The van der Waals surface area contributed by atoms with Crippen molar-refractivity contribution in [3.05, 3.63) is 48.1 Å². The molecule has 0 saturated heterocycles. The van der Waals surface area contributed by atoms with Gasteiger partial charge in [0.2, 0.25) is 0 Å². The molecule has 2 N–H and O–H groups in total. The van der Waals surface area contributed by atoms with Gasteiger partial charge in [-0.3, -0.25) is 4.79 Å². The van der Waals surface area contributed by atoms with Crippen LogP contribution in [0, 0.1) is 0 Å². The first-order valence-corrected chi connectivity index (χ1v) is 5.01. The molecule has 0 aromatic heterocycles. The Hall–Kier alpha value is -1.41. The topological polar surface area (TPSA) is 43.1 Å².